The Kier molecular flexibility index (Phi) is 3.94. The molecule has 0 saturated heterocycles. The lowest BCUT2D eigenvalue weighted by molar-refractivity contribution is 0.414. The number of rotatable bonds is 4. The van der Waals surface area contributed by atoms with Gasteiger partial charge in [-0.25, -0.2) is 4.98 Å². The molecule has 3 aromatic rings. The molecule has 5 nitrogen and oxygen atoms in total. The predicted molar refractivity (Wildman–Crippen MR) is 87.5 cm³/mol. The number of anilines is 1. The van der Waals surface area contributed by atoms with Gasteiger partial charge in [0.05, 0.1) is 24.9 Å². The zero-order valence-electron chi connectivity index (χ0n) is 11.3. The second-order valence-electron chi connectivity index (χ2n) is 4.45. The molecule has 2 heterocycles. The highest BCUT2D eigenvalue weighted by molar-refractivity contribution is 9.10. The Balaban J connectivity index is 1.83. The van der Waals surface area contributed by atoms with Crippen LogP contribution in [0.1, 0.15) is 5.56 Å². The first-order valence-electron chi connectivity index (χ1n) is 6.23. The summed E-state index contributed by atoms with van der Waals surface area (Å²) in [5.41, 5.74) is 8.60. The molecule has 2 N–H and O–H groups in total. The highest BCUT2D eigenvalue weighted by Gasteiger charge is 2.11. The predicted octanol–water partition coefficient (Wildman–Crippen LogP) is 3.41. The zero-order valence-corrected chi connectivity index (χ0v) is 13.7. The van der Waals surface area contributed by atoms with Crippen LogP contribution in [0.3, 0.4) is 0 Å². The van der Waals surface area contributed by atoms with Gasteiger partial charge in [-0.15, -0.1) is 11.3 Å². The van der Waals surface area contributed by atoms with Gasteiger partial charge in [0.2, 0.25) is 0 Å². The van der Waals surface area contributed by atoms with Crippen LogP contribution >= 0.6 is 27.3 Å². The summed E-state index contributed by atoms with van der Waals surface area (Å²) in [6.07, 6.45) is 1.96. The lowest BCUT2D eigenvalue weighted by atomic mass is 10.2. The van der Waals surface area contributed by atoms with Crippen molar-refractivity contribution < 1.29 is 4.74 Å². The minimum atomic E-state index is 0.555. The fraction of sp³-hybridized carbons (Fsp3) is 0.143. The molecular formula is C14H13BrN4OS. The van der Waals surface area contributed by atoms with E-state index >= 15 is 0 Å². The van der Waals surface area contributed by atoms with Crippen molar-refractivity contribution in [2.75, 3.05) is 12.8 Å². The lowest BCUT2D eigenvalue weighted by Gasteiger charge is -2.03. The number of nitrogens with zero attached hydrogens (tertiary/aromatic N) is 3. The van der Waals surface area contributed by atoms with Gasteiger partial charge >= 0.3 is 0 Å². The third kappa shape index (κ3) is 3.08. The molecule has 0 radical (unpaired) electrons. The molecule has 7 heteroatoms. The molecule has 0 spiro atoms. The summed E-state index contributed by atoms with van der Waals surface area (Å²) in [5, 5.41) is 6.94. The molecule has 108 valence electrons. The van der Waals surface area contributed by atoms with Crippen LogP contribution in [0.25, 0.3) is 11.3 Å². The number of ether oxygens (including phenoxy) is 1. The highest BCUT2D eigenvalue weighted by atomic mass is 79.9. The first kappa shape index (κ1) is 14.1. The fourth-order valence-corrected chi connectivity index (χ4v) is 3.05. The van der Waals surface area contributed by atoms with Crippen LogP contribution in [0.15, 0.2) is 40.4 Å². The van der Waals surface area contributed by atoms with E-state index in [4.69, 9.17) is 10.5 Å². The largest absolute Gasteiger partial charge is 0.497 e. The minimum absolute atomic E-state index is 0.555. The SMILES string of the molecule is COc1ccc(Cn2cc(-c3csc(N)n3)c(Br)n2)cc1. The molecule has 3 rings (SSSR count). The fourth-order valence-electron chi connectivity index (χ4n) is 1.98. The van der Waals surface area contributed by atoms with Crippen LogP contribution in [0.4, 0.5) is 5.13 Å². The van der Waals surface area contributed by atoms with Crippen LogP contribution in [0.2, 0.25) is 0 Å². The maximum Gasteiger partial charge on any atom is 0.180 e. The van der Waals surface area contributed by atoms with Gasteiger partial charge in [0, 0.05) is 11.6 Å². The summed E-state index contributed by atoms with van der Waals surface area (Å²) in [7, 11) is 1.66. The molecule has 0 fully saturated rings. The number of aromatic nitrogens is 3. The molecule has 0 amide bonds. The van der Waals surface area contributed by atoms with Gasteiger partial charge < -0.3 is 10.5 Å². The van der Waals surface area contributed by atoms with Crippen LogP contribution in [-0.4, -0.2) is 21.9 Å². The summed E-state index contributed by atoms with van der Waals surface area (Å²) >= 11 is 4.89. The van der Waals surface area contributed by atoms with E-state index in [-0.39, 0.29) is 0 Å². The van der Waals surface area contributed by atoms with Crippen molar-refractivity contribution in [2.45, 2.75) is 6.54 Å². The molecular weight excluding hydrogens is 352 g/mol. The minimum Gasteiger partial charge on any atom is -0.497 e. The van der Waals surface area contributed by atoms with Gasteiger partial charge in [-0.3, -0.25) is 4.68 Å². The number of nitrogen functional groups attached to an aromatic ring is 1. The molecule has 2 aromatic heterocycles. The van der Waals surface area contributed by atoms with Crippen molar-refractivity contribution >= 4 is 32.4 Å². The maximum atomic E-state index is 5.68. The van der Waals surface area contributed by atoms with Crippen LogP contribution < -0.4 is 10.5 Å². The first-order chi connectivity index (χ1) is 10.2. The van der Waals surface area contributed by atoms with Crippen molar-refractivity contribution in [1.82, 2.24) is 14.8 Å². The monoisotopic (exact) mass is 364 g/mol. The Labute approximate surface area is 134 Å². The quantitative estimate of drug-likeness (QED) is 0.770. The van der Waals surface area contributed by atoms with Crippen LogP contribution in [0.5, 0.6) is 5.75 Å². The van der Waals surface area contributed by atoms with Gasteiger partial charge in [0.25, 0.3) is 0 Å². The second kappa shape index (κ2) is 5.87. The average Bonchev–Trinajstić information content (AvgIpc) is 3.06. The van der Waals surface area contributed by atoms with E-state index in [0.29, 0.717) is 11.7 Å². The maximum absolute atomic E-state index is 5.68. The number of methoxy groups -OCH3 is 1. The number of halogens is 1. The smallest absolute Gasteiger partial charge is 0.180 e. The number of thiazole rings is 1. The van der Waals surface area contributed by atoms with Crippen LogP contribution in [-0.2, 0) is 6.54 Å². The van der Waals surface area contributed by atoms with Gasteiger partial charge in [0.1, 0.15) is 10.4 Å². The van der Waals surface area contributed by atoms with Gasteiger partial charge in [-0.2, -0.15) is 5.10 Å². The van der Waals surface area contributed by atoms with Gasteiger partial charge in [-0.05, 0) is 33.6 Å². The summed E-state index contributed by atoms with van der Waals surface area (Å²) in [6.45, 7) is 0.683. The van der Waals surface area contributed by atoms with E-state index in [1.807, 2.05) is 40.5 Å². The van der Waals surface area contributed by atoms with Gasteiger partial charge in [-0.1, -0.05) is 12.1 Å². The molecule has 0 aliphatic heterocycles. The van der Waals surface area contributed by atoms with E-state index in [2.05, 4.69) is 26.0 Å². The molecule has 0 aliphatic rings. The molecule has 0 unspecified atom stereocenters. The van der Waals surface area contributed by atoms with Crippen molar-refractivity contribution in [1.29, 1.82) is 0 Å². The Bertz CT molecular complexity index is 751. The first-order valence-corrected chi connectivity index (χ1v) is 7.90. The Morgan fingerprint density at radius 2 is 2.10 bits per heavy atom. The lowest BCUT2D eigenvalue weighted by Crippen LogP contribution is -1.99. The molecule has 0 saturated carbocycles. The van der Waals surface area contributed by atoms with E-state index < -0.39 is 0 Å². The van der Waals surface area contributed by atoms with Crippen molar-refractivity contribution in [3.63, 3.8) is 0 Å². The number of nitrogens with two attached hydrogens (primary N) is 1. The number of hydrogen-bond donors (Lipinski definition) is 1. The molecule has 0 aliphatic carbocycles. The van der Waals surface area contributed by atoms with Crippen molar-refractivity contribution in [2.24, 2.45) is 0 Å². The van der Waals surface area contributed by atoms with Gasteiger partial charge in [0.15, 0.2) is 5.13 Å². The third-order valence-electron chi connectivity index (χ3n) is 3.02. The molecule has 21 heavy (non-hydrogen) atoms. The van der Waals surface area contributed by atoms with E-state index in [9.17, 15) is 0 Å². The van der Waals surface area contributed by atoms with E-state index in [1.54, 1.807) is 7.11 Å². The Hall–Kier alpha value is -1.86. The van der Waals surface area contributed by atoms with E-state index in [1.165, 1.54) is 11.3 Å². The Morgan fingerprint density at radius 1 is 1.33 bits per heavy atom. The number of benzene rings is 1. The van der Waals surface area contributed by atoms with Crippen molar-refractivity contribution in [3.8, 4) is 17.0 Å². The summed E-state index contributed by atoms with van der Waals surface area (Å²) < 4.78 is 7.79. The number of hydrogen-bond acceptors (Lipinski definition) is 5. The highest BCUT2D eigenvalue weighted by Crippen LogP contribution is 2.29. The second-order valence-corrected chi connectivity index (χ2v) is 6.09. The standard InChI is InChI=1S/C14H13BrN4OS/c1-20-10-4-2-9(3-5-10)6-19-7-11(13(15)18-19)12-8-21-14(16)17-12/h2-5,7-8H,6H2,1H3,(H2,16,17). The molecule has 0 bridgehead atoms. The summed E-state index contributed by atoms with van der Waals surface area (Å²) in [5.74, 6) is 0.846. The zero-order chi connectivity index (χ0) is 14.8. The molecule has 1 aromatic carbocycles. The summed E-state index contributed by atoms with van der Waals surface area (Å²) in [4.78, 5) is 4.28. The topological polar surface area (TPSA) is 66.0 Å². The normalized spacial score (nSPS) is 10.8. The Morgan fingerprint density at radius 3 is 2.71 bits per heavy atom. The van der Waals surface area contributed by atoms with E-state index in [0.717, 1.165) is 27.2 Å². The average molecular weight is 365 g/mol. The third-order valence-corrected chi connectivity index (χ3v) is 4.28. The van der Waals surface area contributed by atoms with Crippen LogP contribution in [0, 0.1) is 0 Å². The van der Waals surface area contributed by atoms with Crippen molar-refractivity contribution in [3.05, 3.63) is 46.0 Å². The molecule has 0 atom stereocenters. The summed E-state index contributed by atoms with van der Waals surface area (Å²) in [6, 6.07) is 7.93.